The molecule has 1 unspecified atom stereocenters. The first-order valence-electron chi connectivity index (χ1n) is 5.95. The van der Waals surface area contributed by atoms with Crippen molar-refractivity contribution in [2.75, 3.05) is 5.32 Å². The zero-order chi connectivity index (χ0) is 11.7. The van der Waals surface area contributed by atoms with Crippen molar-refractivity contribution in [3.05, 3.63) is 29.3 Å². The smallest absolute Gasteiger partial charge is 0.221 e. The summed E-state index contributed by atoms with van der Waals surface area (Å²) < 4.78 is 0. The second kappa shape index (κ2) is 4.28. The van der Waals surface area contributed by atoms with Gasteiger partial charge in [-0.15, -0.1) is 0 Å². The Morgan fingerprint density at radius 1 is 1.31 bits per heavy atom. The van der Waals surface area contributed by atoms with Crippen LogP contribution < -0.4 is 5.32 Å². The molecular formula is C14H19NO. The van der Waals surface area contributed by atoms with Crippen LogP contribution >= 0.6 is 0 Å². The van der Waals surface area contributed by atoms with E-state index in [0.717, 1.165) is 23.9 Å². The predicted molar refractivity (Wildman–Crippen MR) is 66.5 cm³/mol. The van der Waals surface area contributed by atoms with Crippen molar-refractivity contribution in [3.63, 3.8) is 0 Å². The zero-order valence-corrected chi connectivity index (χ0v) is 10.2. The van der Waals surface area contributed by atoms with Crippen molar-refractivity contribution < 1.29 is 4.79 Å². The molecule has 1 aliphatic rings. The monoisotopic (exact) mass is 217 g/mol. The maximum absolute atomic E-state index is 11.0. The molecule has 1 amide bonds. The van der Waals surface area contributed by atoms with Gasteiger partial charge in [0, 0.05) is 12.6 Å². The number of benzene rings is 1. The number of anilines is 1. The third-order valence-electron chi connectivity index (χ3n) is 3.43. The van der Waals surface area contributed by atoms with Gasteiger partial charge in [-0.2, -0.15) is 0 Å². The number of rotatable bonds is 2. The minimum absolute atomic E-state index is 0.00152. The van der Waals surface area contributed by atoms with Crippen LogP contribution in [-0.4, -0.2) is 5.91 Å². The van der Waals surface area contributed by atoms with Crippen LogP contribution in [-0.2, 0) is 17.6 Å². The average Bonchev–Trinajstić information content (AvgIpc) is 2.59. The summed E-state index contributed by atoms with van der Waals surface area (Å²) in [6.07, 6.45) is 2.34. The Balaban J connectivity index is 2.17. The highest BCUT2D eigenvalue weighted by Gasteiger charge is 2.23. The van der Waals surface area contributed by atoms with Gasteiger partial charge >= 0.3 is 0 Å². The maximum atomic E-state index is 11.0. The van der Waals surface area contributed by atoms with Crippen molar-refractivity contribution in [1.29, 1.82) is 0 Å². The molecule has 0 radical (unpaired) electrons. The Hall–Kier alpha value is -1.31. The number of fused-ring (bicyclic) bond motifs is 1. The second-order valence-electron chi connectivity index (χ2n) is 5.08. The van der Waals surface area contributed by atoms with E-state index in [1.54, 1.807) is 6.92 Å². The summed E-state index contributed by atoms with van der Waals surface area (Å²) >= 11 is 0. The van der Waals surface area contributed by atoms with Crippen LogP contribution in [0.5, 0.6) is 0 Å². The molecule has 0 spiro atoms. The number of hydrogen-bond acceptors (Lipinski definition) is 1. The number of carbonyl (C=O) groups is 1. The minimum Gasteiger partial charge on any atom is -0.326 e. The summed E-state index contributed by atoms with van der Waals surface area (Å²) in [5.41, 5.74) is 3.79. The van der Waals surface area contributed by atoms with Crippen molar-refractivity contribution in [1.82, 2.24) is 0 Å². The number of carbonyl (C=O) groups excluding carboxylic acids is 1. The topological polar surface area (TPSA) is 29.1 Å². The van der Waals surface area contributed by atoms with E-state index in [2.05, 4.69) is 31.3 Å². The Kier molecular flexibility index (Phi) is 2.99. The van der Waals surface area contributed by atoms with Crippen LogP contribution in [0.1, 0.15) is 31.9 Å². The van der Waals surface area contributed by atoms with Gasteiger partial charge in [-0.3, -0.25) is 4.79 Å². The molecule has 0 fully saturated rings. The highest BCUT2D eigenvalue weighted by atomic mass is 16.1. The molecule has 0 heterocycles. The van der Waals surface area contributed by atoms with E-state index in [4.69, 9.17) is 0 Å². The van der Waals surface area contributed by atoms with E-state index < -0.39 is 0 Å². The standard InChI is InChI=1S/C14H19NO/c1-9(2)12-6-11-4-5-14(15-10(3)16)8-13(11)7-12/h4-5,8-9,12H,6-7H2,1-3H3,(H,15,16). The van der Waals surface area contributed by atoms with E-state index in [9.17, 15) is 4.79 Å². The zero-order valence-electron chi connectivity index (χ0n) is 10.2. The van der Waals surface area contributed by atoms with E-state index in [1.807, 2.05) is 6.07 Å². The summed E-state index contributed by atoms with van der Waals surface area (Å²) in [7, 11) is 0. The lowest BCUT2D eigenvalue weighted by Crippen LogP contribution is -2.07. The predicted octanol–water partition coefficient (Wildman–Crippen LogP) is 3.02. The van der Waals surface area contributed by atoms with Gasteiger partial charge in [0.1, 0.15) is 0 Å². The molecule has 2 nitrogen and oxygen atoms in total. The SMILES string of the molecule is CC(=O)Nc1ccc2c(c1)CC(C(C)C)C2. The van der Waals surface area contributed by atoms with Crippen LogP contribution in [0.25, 0.3) is 0 Å². The van der Waals surface area contributed by atoms with Gasteiger partial charge in [0.15, 0.2) is 0 Å². The summed E-state index contributed by atoms with van der Waals surface area (Å²) in [6, 6.07) is 6.28. The lowest BCUT2D eigenvalue weighted by atomic mass is 9.93. The molecule has 2 rings (SSSR count). The van der Waals surface area contributed by atoms with Gasteiger partial charge in [-0.05, 0) is 47.9 Å². The second-order valence-corrected chi connectivity index (χ2v) is 5.08. The molecule has 1 aromatic carbocycles. The highest BCUT2D eigenvalue weighted by molar-refractivity contribution is 5.88. The molecule has 1 atom stereocenters. The molecule has 0 bridgehead atoms. The van der Waals surface area contributed by atoms with Crippen molar-refractivity contribution >= 4 is 11.6 Å². The fraction of sp³-hybridized carbons (Fsp3) is 0.500. The molecule has 0 saturated carbocycles. The molecule has 1 aromatic rings. The first-order chi connectivity index (χ1) is 7.56. The molecule has 16 heavy (non-hydrogen) atoms. The van der Waals surface area contributed by atoms with Crippen LogP contribution in [0.15, 0.2) is 18.2 Å². The lowest BCUT2D eigenvalue weighted by Gasteiger charge is -2.12. The Morgan fingerprint density at radius 3 is 2.62 bits per heavy atom. The quantitative estimate of drug-likeness (QED) is 0.810. The van der Waals surface area contributed by atoms with Crippen molar-refractivity contribution in [3.8, 4) is 0 Å². The van der Waals surface area contributed by atoms with Gasteiger partial charge in [0.25, 0.3) is 0 Å². The Morgan fingerprint density at radius 2 is 2.00 bits per heavy atom. The summed E-state index contributed by atoms with van der Waals surface area (Å²) in [5.74, 6) is 1.50. The number of amides is 1. The van der Waals surface area contributed by atoms with Gasteiger partial charge in [0.05, 0.1) is 0 Å². The minimum atomic E-state index is -0.00152. The van der Waals surface area contributed by atoms with Gasteiger partial charge in [-0.1, -0.05) is 19.9 Å². The van der Waals surface area contributed by atoms with Crippen LogP contribution in [0.4, 0.5) is 5.69 Å². The molecular weight excluding hydrogens is 198 g/mol. The lowest BCUT2D eigenvalue weighted by molar-refractivity contribution is -0.114. The molecule has 1 aliphatic carbocycles. The molecule has 86 valence electrons. The van der Waals surface area contributed by atoms with Crippen molar-refractivity contribution in [2.45, 2.75) is 33.6 Å². The highest BCUT2D eigenvalue weighted by Crippen LogP contribution is 2.32. The van der Waals surface area contributed by atoms with Gasteiger partial charge in [-0.25, -0.2) is 0 Å². The summed E-state index contributed by atoms with van der Waals surface area (Å²) in [5, 5.41) is 2.84. The van der Waals surface area contributed by atoms with E-state index in [0.29, 0.717) is 0 Å². The maximum Gasteiger partial charge on any atom is 0.221 e. The third-order valence-corrected chi connectivity index (χ3v) is 3.43. The fourth-order valence-corrected chi connectivity index (χ4v) is 2.40. The molecule has 2 heteroatoms. The first kappa shape index (κ1) is 11.2. The van der Waals surface area contributed by atoms with E-state index >= 15 is 0 Å². The van der Waals surface area contributed by atoms with Crippen LogP contribution in [0.3, 0.4) is 0 Å². The number of nitrogens with one attached hydrogen (secondary N) is 1. The van der Waals surface area contributed by atoms with E-state index in [-0.39, 0.29) is 5.91 Å². The average molecular weight is 217 g/mol. The summed E-state index contributed by atoms with van der Waals surface area (Å²) in [4.78, 5) is 11.0. The third kappa shape index (κ3) is 2.26. The van der Waals surface area contributed by atoms with Crippen molar-refractivity contribution in [2.24, 2.45) is 11.8 Å². The Labute approximate surface area is 97.1 Å². The number of hydrogen-bond donors (Lipinski definition) is 1. The normalized spacial score (nSPS) is 18.6. The Bertz CT molecular complexity index is 409. The summed E-state index contributed by atoms with van der Waals surface area (Å²) in [6.45, 7) is 6.11. The fourth-order valence-electron chi connectivity index (χ4n) is 2.40. The van der Waals surface area contributed by atoms with Crippen LogP contribution in [0, 0.1) is 11.8 Å². The van der Waals surface area contributed by atoms with Gasteiger partial charge < -0.3 is 5.32 Å². The van der Waals surface area contributed by atoms with Gasteiger partial charge in [0.2, 0.25) is 5.91 Å². The largest absolute Gasteiger partial charge is 0.326 e. The van der Waals surface area contributed by atoms with E-state index in [1.165, 1.54) is 17.5 Å². The molecule has 0 aromatic heterocycles. The first-order valence-corrected chi connectivity index (χ1v) is 5.95. The molecule has 1 N–H and O–H groups in total. The molecule has 0 saturated heterocycles. The molecule has 0 aliphatic heterocycles. The van der Waals surface area contributed by atoms with Crippen LogP contribution in [0.2, 0.25) is 0 Å².